The summed E-state index contributed by atoms with van der Waals surface area (Å²) in [5.41, 5.74) is 5.41. The smallest absolute Gasteiger partial charge is 0.257 e. The molecule has 1 atom stereocenters. The lowest BCUT2D eigenvalue weighted by molar-refractivity contribution is 0.115. The zero-order chi connectivity index (χ0) is 11.6. The maximum atomic E-state index is 12.4. The molecule has 0 amide bonds. The molecule has 1 unspecified atom stereocenters. The minimum atomic E-state index is -2.70. The molecule has 15 heavy (non-hydrogen) atoms. The molecule has 1 aromatic carbocycles. The summed E-state index contributed by atoms with van der Waals surface area (Å²) in [7, 11) is 1.33. The summed E-state index contributed by atoms with van der Waals surface area (Å²) < 4.78 is 29.8. The van der Waals surface area contributed by atoms with Crippen molar-refractivity contribution in [1.82, 2.24) is 0 Å². The van der Waals surface area contributed by atoms with Gasteiger partial charge in [-0.25, -0.2) is 8.78 Å². The molecule has 0 aromatic heterocycles. The van der Waals surface area contributed by atoms with Crippen LogP contribution in [-0.4, -0.2) is 13.5 Å². The Kier molecular flexibility index (Phi) is 4.13. The van der Waals surface area contributed by atoms with E-state index in [9.17, 15) is 8.78 Å². The van der Waals surface area contributed by atoms with Gasteiger partial charge in [-0.05, 0) is 12.1 Å². The van der Waals surface area contributed by atoms with Crippen LogP contribution >= 0.6 is 23.2 Å². The van der Waals surface area contributed by atoms with Crippen molar-refractivity contribution in [1.29, 1.82) is 0 Å². The first-order valence-corrected chi connectivity index (χ1v) is 4.79. The monoisotopic (exact) mass is 255 g/mol. The first-order valence-electron chi connectivity index (χ1n) is 4.04. The highest BCUT2D eigenvalue weighted by atomic mass is 35.5. The molecule has 0 heterocycles. The van der Waals surface area contributed by atoms with Gasteiger partial charge >= 0.3 is 0 Å². The van der Waals surface area contributed by atoms with Gasteiger partial charge in [-0.3, -0.25) is 0 Å². The number of ether oxygens (including phenoxy) is 1. The van der Waals surface area contributed by atoms with Crippen molar-refractivity contribution >= 4 is 23.2 Å². The average molecular weight is 256 g/mol. The van der Waals surface area contributed by atoms with Crippen molar-refractivity contribution in [3.8, 4) is 5.75 Å². The minimum Gasteiger partial charge on any atom is -0.495 e. The van der Waals surface area contributed by atoms with Crippen molar-refractivity contribution in [3.05, 3.63) is 27.7 Å². The van der Waals surface area contributed by atoms with E-state index in [0.29, 0.717) is 0 Å². The van der Waals surface area contributed by atoms with Crippen molar-refractivity contribution in [2.75, 3.05) is 7.11 Å². The molecular formula is C9H9Cl2F2NO. The van der Waals surface area contributed by atoms with Crippen LogP contribution in [0.25, 0.3) is 0 Å². The standard InChI is InChI=1S/C9H9Cl2F2NO/c1-15-8-5(7(14)9(12)13)2-4(10)3-6(8)11/h2-3,7,9H,14H2,1H3. The van der Waals surface area contributed by atoms with Crippen LogP contribution in [0, 0.1) is 0 Å². The van der Waals surface area contributed by atoms with E-state index in [-0.39, 0.29) is 21.4 Å². The fraction of sp³-hybridized carbons (Fsp3) is 0.333. The van der Waals surface area contributed by atoms with Crippen molar-refractivity contribution in [2.45, 2.75) is 12.5 Å². The minimum absolute atomic E-state index is 0.102. The molecule has 84 valence electrons. The SMILES string of the molecule is COc1c(Cl)cc(Cl)cc1C(N)C(F)F. The van der Waals surface area contributed by atoms with Gasteiger partial charge in [0.25, 0.3) is 6.43 Å². The van der Waals surface area contributed by atoms with E-state index >= 15 is 0 Å². The first-order chi connectivity index (χ1) is 6.97. The fourth-order valence-corrected chi connectivity index (χ4v) is 1.77. The van der Waals surface area contributed by atoms with Gasteiger partial charge in [-0.1, -0.05) is 23.2 Å². The highest BCUT2D eigenvalue weighted by Gasteiger charge is 2.23. The van der Waals surface area contributed by atoms with Crippen LogP contribution in [0.15, 0.2) is 12.1 Å². The Morgan fingerprint density at radius 2 is 1.93 bits per heavy atom. The summed E-state index contributed by atoms with van der Waals surface area (Å²) in [4.78, 5) is 0. The van der Waals surface area contributed by atoms with E-state index < -0.39 is 12.5 Å². The van der Waals surface area contributed by atoms with Gasteiger partial charge in [0.05, 0.1) is 18.2 Å². The summed E-state index contributed by atoms with van der Waals surface area (Å²) in [6.45, 7) is 0. The molecule has 2 N–H and O–H groups in total. The third-order valence-corrected chi connectivity index (χ3v) is 2.37. The highest BCUT2D eigenvalue weighted by Crippen LogP contribution is 2.36. The summed E-state index contributed by atoms with van der Waals surface area (Å²) >= 11 is 11.5. The highest BCUT2D eigenvalue weighted by molar-refractivity contribution is 6.35. The van der Waals surface area contributed by atoms with Gasteiger partial charge in [0.2, 0.25) is 0 Å². The lowest BCUT2D eigenvalue weighted by atomic mass is 10.1. The zero-order valence-electron chi connectivity index (χ0n) is 7.81. The molecule has 0 radical (unpaired) electrons. The zero-order valence-corrected chi connectivity index (χ0v) is 9.32. The van der Waals surface area contributed by atoms with E-state index in [2.05, 4.69) is 0 Å². The van der Waals surface area contributed by atoms with Crippen LogP contribution in [0.1, 0.15) is 11.6 Å². The molecule has 1 rings (SSSR count). The van der Waals surface area contributed by atoms with Crippen LogP contribution in [0.3, 0.4) is 0 Å². The summed E-state index contributed by atoms with van der Waals surface area (Å²) in [6.07, 6.45) is -2.70. The van der Waals surface area contributed by atoms with E-state index in [1.807, 2.05) is 0 Å². The van der Waals surface area contributed by atoms with Crippen LogP contribution in [-0.2, 0) is 0 Å². The van der Waals surface area contributed by atoms with Crippen LogP contribution in [0.5, 0.6) is 5.75 Å². The second-order valence-electron chi connectivity index (χ2n) is 2.87. The van der Waals surface area contributed by atoms with Crippen molar-refractivity contribution in [3.63, 3.8) is 0 Å². The number of nitrogens with two attached hydrogens (primary N) is 1. The van der Waals surface area contributed by atoms with E-state index in [1.165, 1.54) is 19.2 Å². The second kappa shape index (κ2) is 4.96. The van der Waals surface area contributed by atoms with E-state index in [0.717, 1.165) is 0 Å². The van der Waals surface area contributed by atoms with Gasteiger partial charge in [0, 0.05) is 10.6 Å². The largest absolute Gasteiger partial charge is 0.495 e. The fourth-order valence-electron chi connectivity index (χ4n) is 1.18. The Morgan fingerprint density at radius 1 is 1.33 bits per heavy atom. The third kappa shape index (κ3) is 2.71. The van der Waals surface area contributed by atoms with Crippen LogP contribution in [0.4, 0.5) is 8.78 Å². The van der Waals surface area contributed by atoms with E-state index in [4.69, 9.17) is 33.7 Å². The summed E-state index contributed by atoms with van der Waals surface area (Å²) in [6, 6.07) is 1.27. The average Bonchev–Trinajstić information content (AvgIpc) is 2.15. The number of alkyl halides is 2. The molecule has 0 bridgehead atoms. The number of benzene rings is 1. The number of hydrogen-bond donors (Lipinski definition) is 1. The Balaban J connectivity index is 3.26. The van der Waals surface area contributed by atoms with Gasteiger partial charge in [0.1, 0.15) is 5.75 Å². The lowest BCUT2D eigenvalue weighted by Gasteiger charge is -2.16. The molecule has 6 heteroatoms. The number of methoxy groups -OCH3 is 1. The molecule has 0 saturated heterocycles. The Labute approximate surface area is 95.9 Å². The predicted molar refractivity (Wildman–Crippen MR) is 55.9 cm³/mol. The van der Waals surface area contributed by atoms with Gasteiger partial charge in [-0.2, -0.15) is 0 Å². The summed E-state index contributed by atoms with van der Waals surface area (Å²) in [5.74, 6) is 0.133. The van der Waals surface area contributed by atoms with Crippen molar-refractivity contribution in [2.24, 2.45) is 5.73 Å². The summed E-state index contributed by atoms with van der Waals surface area (Å²) in [5, 5.41) is 0.406. The van der Waals surface area contributed by atoms with Crippen LogP contribution < -0.4 is 10.5 Å². The molecule has 1 aromatic rings. The van der Waals surface area contributed by atoms with Crippen LogP contribution in [0.2, 0.25) is 10.0 Å². The number of hydrogen-bond acceptors (Lipinski definition) is 2. The quantitative estimate of drug-likeness (QED) is 0.900. The maximum absolute atomic E-state index is 12.4. The molecular weight excluding hydrogens is 247 g/mol. The molecule has 2 nitrogen and oxygen atoms in total. The molecule has 0 aliphatic heterocycles. The van der Waals surface area contributed by atoms with Gasteiger partial charge in [-0.15, -0.1) is 0 Å². The lowest BCUT2D eigenvalue weighted by Crippen LogP contribution is -2.19. The normalized spacial score (nSPS) is 13.0. The Morgan fingerprint density at radius 3 is 2.40 bits per heavy atom. The number of rotatable bonds is 3. The Hall–Kier alpha value is -0.580. The molecule has 0 saturated carbocycles. The molecule has 0 aliphatic carbocycles. The van der Waals surface area contributed by atoms with E-state index in [1.54, 1.807) is 0 Å². The maximum Gasteiger partial charge on any atom is 0.257 e. The molecule has 0 fully saturated rings. The third-order valence-electron chi connectivity index (χ3n) is 1.87. The predicted octanol–water partition coefficient (Wildman–Crippen LogP) is 3.27. The second-order valence-corrected chi connectivity index (χ2v) is 3.71. The number of halogens is 4. The van der Waals surface area contributed by atoms with Crippen molar-refractivity contribution < 1.29 is 13.5 Å². The van der Waals surface area contributed by atoms with Gasteiger partial charge < -0.3 is 10.5 Å². The van der Waals surface area contributed by atoms with Gasteiger partial charge in [0.15, 0.2) is 0 Å². The topological polar surface area (TPSA) is 35.2 Å². The molecule has 0 aliphatic rings. The molecule has 0 spiro atoms. The Bertz CT molecular complexity index is 360. The first kappa shape index (κ1) is 12.5.